The van der Waals surface area contributed by atoms with Crippen LogP contribution in [0.15, 0.2) is 18.3 Å². The van der Waals surface area contributed by atoms with E-state index in [0.29, 0.717) is 0 Å². The van der Waals surface area contributed by atoms with Gasteiger partial charge < -0.3 is 4.90 Å². The Morgan fingerprint density at radius 3 is 2.77 bits per heavy atom. The zero-order chi connectivity index (χ0) is 9.26. The third-order valence-electron chi connectivity index (χ3n) is 2.80. The van der Waals surface area contributed by atoms with E-state index in [0.717, 1.165) is 11.6 Å². The van der Waals surface area contributed by atoms with E-state index in [2.05, 4.69) is 28.9 Å². The van der Waals surface area contributed by atoms with E-state index in [4.69, 9.17) is 0 Å². The Kier molecular flexibility index (Phi) is 2.21. The maximum Gasteiger partial charge on any atom is 0.0553 e. The number of anilines is 1. The van der Waals surface area contributed by atoms with Gasteiger partial charge in [0.15, 0.2) is 0 Å². The van der Waals surface area contributed by atoms with Gasteiger partial charge in [-0.1, -0.05) is 6.92 Å². The Bertz CT molecular complexity index is 273. The predicted octanol–water partition coefficient (Wildman–Crippen LogP) is 2.24. The average Bonchev–Trinajstić information content (AvgIpc) is 2.06. The second-order valence-electron chi connectivity index (χ2n) is 3.84. The van der Waals surface area contributed by atoms with Crippen LogP contribution in [0.1, 0.15) is 19.0 Å². The quantitative estimate of drug-likeness (QED) is 0.687. The van der Waals surface area contributed by atoms with E-state index >= 15 is 0 Å². The molecule has 2 rings (SSSR count). The summed E-state index contributed by atoms with van der Waals surface area (Å²) in [6.45, 7) is 6.70. The zero-order valence-corrected chi connectivity index (χ0v) is 8.33. The molecule has 0 bridgehead atoms. The van der Waals surface area contributed by atoms with Gasteiger partial charge in [0.1, 0.15) is 0 Å². The maximum absolute atomic E-state index is 4.29. The van der Waals surface area contributed by atoms with Gasteiger partial charge >= 0.3 is 0 Å². The van der Waals surface area contributed by atoms with Crippen molar-refractivity contribution in [2.45, 2.75) is 20.3 Å². The van der Waals surface area contributed by atoms with Crippen molar-refractivity contribution in [1.29, 1.82) is 0 Å². The second-order valence-corrected chi connectivity index (χ2v) is 3.84. The van der Waals surface area contributed by atoms with Crippen molar-refractivity contribution in [2.24, 2.45) is 5.92 Å². The van der Waals surface area contributed by atoms with Crippen molar-refractivity contribution in [2.75, 3.05) is 18.0 Å². The summed E-state index contributed by atoms with van der Waals surface area (Å²) < 4.78 is 0. The van der Waals surface area contributed by atoms with Crippen LogP contribution in [0.2, 0.25) is 0 Å². The van der Waals surface area contributed by atoms with Gasteiger partial charge in [-0.25, -0.2) is 0 Å². The van der Waals surface area contributed by atoms with Crippen LogP contribution in [0.3, 0.4) is 0 Å². The summed E-state index contributed by atoms with van der Waals surface area (Å²) in [5, 5.41) is 0. The van der Waals surface area contributed by atoms with Crippen LogP contribution in [0.25, 0.3) is 0 Å². The molecule has 70 valence electrons. The molecule has 0 unspecified atom stereocenters. The Morgan fingerprint density at radius 2 is 2.23 bits per heavy atom. The van der Waals surface area contributed by atoms with Crippen LogP contribution in [0.5, 0.6) is 0 Å². The van der Waals surface area contributed by atoms with Crippen LogP contribution in [-0.2, 0) is 0 Å². The molecule has 1 aromatic rings. The van der Waals surface area contributed by atoms with Gasteiger partial charge in [0.2, 0.25) is 0 Å². The number of pyridine rings is 1. The molecule has 0 amide bonds. The monoisotopic (exact) mass is 176 g/mol. The fourth-order valence-electron chi connectivity index (χ4n) is 1.69. The van der Waals surface area contributed by atoms with Crippen LogP contribution >= 0.6 is 0 Å². The summed E-state index contributed by atoms with van der Waals surface area (Å²) in [5.41, 5.74) is 2.37. The molecule has 0 radical (unpaired) electrons. The molecule has 0 aliphatic carbocycles. The predicted molar refractivity (Wildman–Crippen MR) is 55.0 cm³/mol. The molecule has 1 aliphatic heterocycles. The normalized spacial score (nSPS) is 17.2. The fraction of sp³-hybridized carbons (Fsp3) is 0.545. The average molecular weight is 176 g/mol. The van der Waals surface area contributed by atoms with Crippen molar-refractivity contribution in [3.05, 3.63) is 24.0 Å². The van der Waals surface area contributed by atoms with Crippen molar-refractivity contribution >= 4 is 5.69 Å². The zero-order valence-electron chi connectivity index (χ0n) is 8.33. The highest BCUT2D eigenvalue weighted by molar-refractivity contribution is 5.47. The lowest BCUT2D eigenvalue weighted by Crippen LogP contribution is -2.46. The molecule has 0 aromatic carbocycles. The summed E-state index contributed by atoms with van der Waals surface area (Å²) in [6, 6.07) is 4.24. The van der Waals surface area contributed by atoms with Gasteiger partial charge in [-0.05, 0) is 31.4 Å². The standard InChI is InChI=1S/C11H16N2/c1-3-10-7-13(8-10)11-5-4-9(2)12-6-11/h4-6,10H,3,7-8H2,1-2H3. The number of nitrogens with zero attached hydrogens (tertiary/aromatic N) is 2. The molecular formula is C11H16N2. The highest BCUT2D eigenvalue weighted by atomic mass is 15.2. The Labute approximate surface area is 79.6 Å². The molecule has 2 heterocycles. The minimum Gasteiger partial charge on any atom is -0.370 e. The minimum atomic E-state index is 0.904. The van der Waals surface area contributed by atoms with Crippen LogP contribution in [-0.4, -0.2) is 18.1 Å². The molecule has 0 atom stereocenters. The van der Waals surface area contributed by atoms with Crippen LogP contribution < -0.4 is 4.90 Å². The van der Waals surface area contributed by atoms with Crippen LogP contribution in [0, 0.1) is 12.8 Å². The lowest BCUT2D eigenvalue weighted by Gasteiger charge is -2.40. The smallest absolute Gasteiger partial charge is 0.0553 e. The summed E-state index contributed by atoms with van der Waals surface area (Å²) in [4.78, 5) is 6.68. The number of aryl methyl sites for hydroxylation is 1. The molecule has 0 saturated carbocycles. The molecule has 1 saturated heterocycles. The summed E-state index contributed by atoms with van der Waals surface area (Å²) in [5.74, 6) is 0.904. The molecule has 1 aliphatic rings. The summed E-state index contributed by atoms with van der Waals surface area (Å²) in [7, 11) is 0. The number of hydrogen-bond acceptors (Lipinski definition) is 2. The Hall–Kier alpha value is -1.05. The highest BCUT2D eigenvalue weighted by Gasteiger charge is 2.24. The molecule has 2 nitrogen and oxygen atoms in total. The van der Waals surface area contributed by atoms with E-state index in [9.17, 15) is 0 Å². The first-order chi connectivity index (χ1) is 6.29. The molecule has 0 spiro atoms. The largest absolute Gasteiger partial charge is 0.370 e. The van der Waals surface area contributed by atoms with E-state index in [1.807, 2.05) is 13.1 Å². The summed E-state index contributed by atoms with van der Waals surface area (Å²) >= 11 is 0. The van der Waals surface area contributed by atoms with Crippen LogP contribution in [0.4, 0.5) is 5.69 Å². The molecule has 13 heavy (non-hydrogen) atoms. The minimum absolute atomic E-state index is 0.904. The van der Waals surface area contributed by atoms with E-state index < -0.39 is 0 Å². The van der Waals surface area contributed by atoms with Crippen molar-refractivity contribution < 1.29 is 0 Å². The molecule has 0 N–H and O–H groups in total. The fourth-order valence-corrected chi connectivity index (χ4v) is 1.69. The lowest BCUT2D eigenvalue weighted by atomic mass is 9.97. The van der Waals surface area contributed by atoms with Crippen molar-refractivity contribution in [1.82, 2.24) is 4.98 Å². The third-order valence-corrected chi connectivity index (χ3v) is 2.80. The van der Waals surface area contributed by atoms with Crippen molar-refractivity contribution in [3.8, 4) is 0 Å². The van der Waals surface area contributed by atoms with Gasteiger partial charge in [-0.15, -0.1) is 0 Å². The first kappa shape index (κ1) is 8.54. The second kappa shape index (κ2) is 3.36. The first-order valence-electron chi connectivity index (χ1n) is 4.97. The first-order valence-corrected chi connectivity index (χ1v) is 4.97. The summed E-state index contributed by atoms with van der Waals surface area (Å²) in [6.07, 6.45) is 3.27. The Balaban J connectivity index is 1.99. The lowest BCUT2D eigenvalue weighted by molar-refractivity contribution is 0.398. The maximum atomic E-state index is 4.29. The number of rotatable bonds is 2. The van der Waals surface area contributed by atoms with Gasteiger partial charge in [-0.3, -0.25) is 4.98 Å². The van der Waals surface area contributed by atoms with Gasteiger partial charge in [0, 0.05) is 18.8 Å². The van der Waals surface area contributed by atoms with Gasteiger partial charge in [0.05, 0.1) is 11.9 Å². The topological polar surface area (TPSA) is 16.1 Å². The molecule has 2 heteroatoms. The number of hydrogen-bond donors (Lipinski definition) is 0. The molecule has 1 fully saturated rings. The van der Waals surface area contributed by atoms with E-state index in [1.165, 1.54) is 25.2 Å². The van der Waals surface area contributed by atoms with E-state index in [-0.39, 0.29) is 0 Å². The molecule has 1 aromatic heterocycles. The van der Waals surface area contributed by atoms with Gasteiger partial charge in [0.25, 0.3) is 0 Å². The Morgan fingerprint density at radius 1 is 1.46 bits per heavy atom. The SMILES string of the molecule is CCC1CN(c2ccc(C)nc2)C1. The molecular weight excluding hydrogens is 160 g/mol. The number of aromatic nitrogens is 1. The highest BCUT2D eigenvalue weighted by Crippen LogP contribution is 2.25. The van der Waals surface area contributed by atoms with Crippen molar-refractivity contribution in [3.63, 3.8) is 0 Å². The third kappa shape index (κ3) is 1.67. The van der Waals surface area contributed by atoms with E-state index in [1.54, 1.807) is 0 Å². The van der Waals surface area contributed by atoms with Gasteiger partial charge in [-0.2, -0.15) is 0 Å².